The number of carboxylic acids is 1. The molecule has 6 nitrogen and oxygen atoms in total. The molecule has 0 fully saturated rings. The predicted octanol–water partition coefficient (Wildman–Crippen LogP) is 2.87. The van der Waals surface area contributed by atoms with Crippen molar-refractivity contribution in [2.75, 3.05) is 0 Å². The Bertz CT molecular complexity index is 404. The smallest absolute Gasteiger partial charge is 0.331 e. The van der Waals surface area contributed by atoms with Crippen molar-refractivity contribution in [3.63, 3.8) is 0 Å². The summed E-state index contributed by atoms with van der Waals surface area (Å²) in [6.07, 6.45) is 2.14. The van der Waals surface area contributed by atoms with Gasteiger partial charge in [-0.2, -0.15) is 0 Å². The summed E-state index contributed by atoms with van der Waals surface area (Å²) in [5.74, 6) is -2.05. The Morgan fingerprint density at radius 3 is 1.23 bits per heavy atom. The van der Waals surface area contributed by atoms with E-state index < -0.39 is 29.1 Å². The number of carbonyl (C=O) groups is 3. The highest BCUT2D eigenvalue weighted by molar-refractivity contribution is 5.91. The van der Waals surface area contributed by atoms with Gasteiger partial charge in [0.25, 0.3) is 0 Å². The van der Waals surface area contributed by atoms with Crippen molar-refractivity contribution in [2.24, 2.45) is 0 Å². The second-order valence-corrected chi connectivity index (χ2v) is 6.49. The zero-order chi connectivity index (χ0) is 18.1. The van der Waals surface area contributed by atoms with E-state index in [0.717, 1.165) is 12.2 Å². The van der Waals surface area contributed by atoms with Crippen LogP contribution in [0.4, 0.5) is 0 Å². The largest absolute Gasteiger partial charge is 0.478 e. The Hall–Kier alpha value is -2.11. The summed E-state index contributed by atoms with van der Waals surface area (Å²) in [4.78, 5) is 32.0. The fraction of sp³-hybridized carbons (Fsp3) is 0.562. The van der Waals surface area contributed by atoms with Crippen molar-refractivity contribution < 1.29 is 29.0 Å². The van der Waals surface area contributed by atoms with Crippen molar-refractivity contribution in [1.29, 1.82) is 0 Å². The zero-order valence-corrected chi connectivity index (χ0v) is 14.4. The topological polar surface area (TPSA) is 89.9 Å². The Balaban J connectivity index is 0. The molecule has 0 heterocycles. The predicted molar refractivity (Wildman–Crippen MR) is 83.3 cm³/mol. The van der Waals surface area contributed by atoms with E-state index in [1.54, 1.807) is 41.5 Å². The van der Waals surface area contributed by atoms with Crippen molar-refractivity contribution in [2.45, 2.75) is 59.7 Å². The van der Waals surface area contributed by atoms with Gasteiger partial charge in [-0.05, 0) is 48.5 Å². The molecule has 0 atom stereocenters. The lowest BCUT2D eigenvalue weighted by Gasteiger charge is -2.19. The molecule has 0 aromatic heterocycles. The number of ether oxygens (including phenoxy) is 2. The van der Waals surface area contributed by atoms with Gasteiger partial charge in [-0.1, -0.05) is 6.58 Å². The van der Waals surface area contributed by atoms with Crippen LogP contribution in [0.2, 0.25) is 0 Å². The Morgan fingerprint density at radius 2 is 1.09 bits per heavy atom. The minimum atomic E-state index is -0.935. The molecule has 22 heavy (non-hydrogen) atoms. The van der Waals surface area contributed by atoms with E-state index in [4.69, 9.17) is 14.6 Å². The fourth-order valence-electron chi connectivity index (χ4n) is 0.808. The van der Waals surface area contributed by atoms with Crippen LogP contribution in [0, 0.1) is 0 Å². The number of rotatable bonds is 3. The number of carbonyl (C=O) groups excluding carboxylic acids is 2. The first-order chi connectivity index (χ1) is 9.64. The second kappa shape index (κ2) is 9.02. The maximum Gasteiger partial charge on any atom is 0.331 e. The van der Waals surface area contributed by atoms with Crippen LogP contribution in [0.15, 0.2) is 24.3 Å². The number of hydrogen-bond acceptors (Lipinski definition) is 5. The molecule has 0 rings (SSSR count). The SMILES string of the molecule is C=C(C)C(=O)O.CC(C)(C)OC(=O)/C=C\C(=O)OC(C)(C)C. The monoisotopic (exact) mass is 314 g/mol. The normalized spacial score (nSPS) is 11.2. The van der Waals surface area contributed by atoms with Crippen LogP contribution in [0.5, 0.6) is 0 Å². The van der Waals surface area contributed by atoms with Crippen LogP contribution in [-0.2, 0) is 23.9 Å². The lowest BCUT2D eigenvalue weighted by atomic mass is 10.2. The molecule has 0 unspecified atom stereocenters. The maximum absolute atomic E-state index is 11.2. The summed E-state index contributed by atoms with van der Waals surface area (Å²) in [5, 5.41) is 7.89. The first kappa shape index (κ1) is 22.2. The number of aliphatic carboxylic acids is 1. The molecule has 126 valence electrons. The molecule has 0 aromatic carbocycles. The molecule has 0 radical (unpaired) electrons. The van der Waals surface area contributed by atoms with Gasteiger partial charge in [-0.25, -0.2) is 14.4 Å². The lowest BCUT2D eigenvalue weighted by molar-refractivity contribution is -0.151. The molecule has 0 aliphatic heterocycles. The highest BCUT2D eigenvalue weighted by atomic mass is 16.6. The Labute approximate surface area is 131 Å². The zero-order valence-electron chi connectivity index (χ0n) is 14.4. The Morgan fingerprint density at radius 1 is 0.864 bits per heavy atom. The highest BCUT2D eigenvalue weighted by Crippen LogP contribution is 2.09. The third-order valence-corrected chi connectivity index (χ3v) is 1.53. The van der Waals surface area contributed by atoms with E-state index >= 15 is 0 Å². The van der Waals surface area contributed by atoms with Crippen LogP contribution in [0.1, 0.15) is 48.5 Å². The van der Waals surface area contributed by atoms with E-state index in [0.29, 0.717) is 0 Å². The molecular formula is C16H26O6. The molecule has 0 aliphatic rings. The van der Waals surface area contributed by atoms with Gasteiger partial charge in [0.1, 0.15) is 11.2 Å². The van der Waals surface area contributed by atoms with Gasteiger partial charge in [0.2, 0.25) is 0 Å². The standard InChI is InChI=1S/C12H20O4.C4H6O2/c1-11(2,3)15-9(13)7-8-10(14)16-12(4,5)6;1-3(2)4(5)6/h7-8H,1-6H3;1H2,2H3,(H,5,6)/b8-7-;. The van der Waals surface area contributed by atoms with Gasteiger partial charge in [-0.3, -0.25) is 0 Å². The van der Waals surface area contributed by atoms with Gasteiger partial charge in [0.15, 0.2) is 0 Å². The average molecular weight is 314 g/mol. The van der Waals surface area contributed by atoms with Gasteiger partial charge in [0.05, 0.1) is 0 Å². The van der Waals surface area contributed by atoms with E-state index in [1.165, 1.54) is 6.92 Å². The lowest BCUT2D eigenvalue weighted by Crippen LogP contribution is -2.24. The number of carboxylic acid groups (broad SMARTS) is 1. The van der Waals surface area contributed by atoms with Crippen LogP contribution >= 0.6 is 0 Å². The highest BCUT2D eigenvalue weighted by Gasteiger charge is 2.16. The number of hydrogen-bond donors (Lipinski definition) is 1. The van der Waals surface area contributed by atoms with E-state index in [-0.39, 0.29) is 5.57 Å². The summed E-state index contributed by atoms with van der Waals surface area (Å²) in [7, 11) is 0. The molecule has 0 spiro atoms. The van der Waals surface area contributed by atoms with Crippen molar-refractivity contribution in [3.8, 4) is 0 Å². The first-order valence-electron chi connectivity index (χ1n) is 6.67. The van der Waals surface area contributed by atoms with E-state index in [9.17, 15) is 14.4 Å². The maximum atomic E-state index is 11.2. The summed E-state index contributed by atoms with van der Waals surface area (Å²) < 4.78 is 9.97. The van der Waals surface area contributed by atoms with E-state index in [1.807, 2.05) is 0 Å². The molecule has 0 amide bonds. The van der Waals surface area contributed by atoms with Gasteiger partial charge in [0, 0.05) is 17.7 Å². The van der Waals surface area contributed by atoms with Crippen LogP contribution in [-0.4, -0.2) is 34.2 Å². The van der Waals surface area contributed by atoms with Crippen molar-refractivity contribution in [3.05, 3.63) is 24.3 Å². The molecule has 0 aromatic rings. The number of esters is 2. The summed E-state index contributed by atoms with van der Waals surface area (Å²) in [6.45, 7) is 15.1. The fourth-order valence-corrected chi connectivity index (χ4v) is 0.808. The first-order valence-corrected chi connectivity index (χ1v) is 6.67. The minimum absolute atomic E-state index is 0.176. The molecule has 0 aliphatic carbocycles. The third kappa shape index (κ3) is 17.9. The average Bonchev–Trinajstić information content (AvgIpc) is 2.22. The van der Waals surface area contributed by atoms with Crippen LogP contribution < -0.4 is 0 Å². The molecule has 6 heteroatoms. The van der Waals surface area contributed by atoms with Crippen LogP contribution in [0.3, 0.4) is 0 Å². The molecular weight excluding hydrogens is 288 g/mol. The molecule has 0 saturated heterocycles. The van der Waals surface area contributed by atoms with Gasteiger partial charge in [-0.15, -0.1) is 0 Å². The van der Waals surface area contributed by atoms with Gasteiger partial charge >= 0.3 is 17.9 Å². The van der Waals surface area contributed by atoms with Crippen molar-refractivity contribution >= 4 is 17.9 Å². The van der Waals surface area contributed by atoms with Crippen molar-refractivity contribution in [1.82, 2.24) is 0 Å². The second-order valence-electron chi connectivity index (χ2n) is 6.49. The van der Waals surface area contributed by atoms with Crippen LogP contribution in [0.25, 0.3) is 0 Å². The minimum Gasteiger partial charge on any atom is -0.478 e. The van der Waals surface area contributed by atoms with Gasteiger partial charge < -0.3 is 14.6 Å². The third-order valence-electron chi connectivity index (χ3n) is 1.53. The molecule has 0 bridgehead atoms. The molecule has 0 saturated carbocycles. The quantitative estimate of drug-likeness (QED) is 0.636. The Kier molecular flexibility index (Phi) is 9.09. The molecule has 1 N–H and O–H groups in total. The summed E-state index contributed by atoms with van der Waals surface area (Å²) in [5.41, 5.74) is -0.944. The summed E-state index contributed by atoms with van der Waals surface area (Å²) >= 11 is 0. The summed E-state index contributed by atoms with van der Waals surface area (Å²) in [6, 6.07) is 0. The van der Waals surface area contributed by atoms with E-state index in [2.05, 4.69) is 6.58 Å².